The number of ether oxygens (including phenoxy) is 1. The number of hydrogen-bond donors (Lipinski definition) is 3. The molecule has 4 N–H and O–H groups in total. The van der Waals surface area contributed by atoms with Crippen molar-refractivity contribution in [2.45, 2.75) is 46.6 Å². The fourth-order valence-electron chi connectivity index (χ4n) is 5.01. The molecule has 3 aromatic carbocycles. The molecule has 0 amide bonds. The van der Waals surface area contributed by atoms with Crippen molar-refractivity contribution < 1.29 is 13.5 Å². The Morgan fingerprint density at radius 3 is 2.43 bits per heavy atom. The zero-order chi connectivity index (χ0) is 32.0. The maximum absolute atomic E-state index is 15.2. The zero-order valence-corrected chi connectivity index (χ0v) is 26.3. The van der Waals surface area contributed by atoms with Crippen LogP contribution in [0.5, 0.6) is 5.75 Å². The number of nitrogens with one attached hydrogen (secondary N) is 2. The quantitative estimate of drug-likeness (QED) is 0.114. The Morgan fingerprint density at radius 1 is 1.05 bits per heavy atom. The molecule has 1 atom stereocenters. The number of anilines is 2. The van der Waals surface area contributed by atoms with Crippen molar-refractivity contribution in [1.82, 2.24) is 10.3 Å². The molecule has 1 unspecified atom stereocenters. The van der Waals surface area contributed by atoms with Crippen LogP contribution in [0.2, 0.25) is 0 Å². The van der Waals surface area contributed by atoms with E-state index in [2.05, 4.69) is 22.2 Å². The van der Waals surface area contributed by atoms with Gasteiger partial charge in [0.25, 0.3) is 0 Å². The molecule has 8 heteroatoms. The lowest BCUT2D eigenvalue weighted by atomic mass is 9.92. The van der Waals surface area contributed by atoms with Crippen LogP contribution in [-0.4, -0.2) is 37.4 Å². The van der Waals surface area contributed by atoms with Crippen molar-refractivity contribution >= 4 is 23.3 Å². The Kier molecular flexibility index (Phi) is 10.4. The number of benzene rings is 3. The van der Waals surface area contributed by atoms with Gasteiger partial charge in [-0.15, -0.1) is 0 Å². The second kappa shape index (κ2) is 14.2. The number of aryl methyl sites for hydroxylation is 2. The van der Waals surface area contributed by atoms with Gasteiger partial charge < -0.3 is 21.1 Å². The summed E-state index contributed by atoms with van der Waals surface area (Å²) < 4.78 is 35.3. The van der Waals surface area contributed by atoms with E-state index >= 15 is 4.39 Å². The van der Waals surface area contributed by atoms with E-state index in [1.807, 2.05) is 83.3 Å². The Morgan fingerprint density at radius 2 is 1.77 bits per heavy atom. The molecule has 0 fully saturated rings. The number of hydrogen-bond acceptors (Lipinski definition) is 6. The van der Waals surface area contributed by atoms with Gasteiger partial charge in [0.1, 0.15) is 23.1 Å². The number of rotatable bonds is 12. The second-order valence-corrected chi connectivity index (χ2v) is 11.0. The van der Waals surface area contributed by atoms with Crippen molar-refractivity contribution in [3.8, 4) is 17.0 Å². The topological polar surface area (TPSA) is 84.6 Å². The van der Waals surface area contributed by atoms with Crippen LogP contribution in [0.15, 0.2) is 72.2 Å². The predicted octanol–water partition coefficient (Wildman–Crippen LogP) is 7.89. The summed E-state index contributed by atoms with van der Waals surface area (Å²) in [4.78, 5) is 9.49. The summed E-state index contributed by atoms with van der Waals surface area (Å²) in [5.41, 5.74) is 13.5. The summed E-state index contributed by atoms with van der Waals surface area (Å²) in [7, 11) is 1.82. The third-order valence-corrected chi connectivity index (χ3v) is 7.39. The van der Waals surface area contributed by atoms with Gasteiger partial charge in [-0.05, 0) is 81.1 Å². The van der Waals surface area contributed by atoms with Gasteiger partial charge in [0.15, 0.2) is 0 Å². The van der Waals surface area contributed by atoms with E-state index < -0.39 is 11.6 Å². The van der Waals surface area contributed by atoms with Crippen LogP contribution in [-0.2, 0) is 0 Å². The minimum atomic E-state index is -0.693. The van der Waals surface area contributed by atoms with Crippen molar-refractivity contribution in [2.75, 3.05) is 31.2 Å². The minimum Gasteiger partial charge on any atom is -0.491 e. The summed E-state index contributed by atoms with van der Waals surface area (Å²) in [6, 6.07) is 18.4. The van der Waals surface area contributed by atoms with Gasteiger partial charge in [-0.3, -0.25) is 4.99 Å². The lowest BCUT2D eigenvalue weighted by Crippen LogP contribution is -2.22. The summed E-state index contributed by atoms with van der Waals surface area (Å²) in [6.45, 7) is 14.5. The molecule has 4 aromatic rings. The van der Waals surface area contributed by atoms with Crippen LogP contribution < -0.4 is 21.1 Å². The number of nitrogens with zero attached hydrogens (tertiary/aromatic N) is 2. The normalized spacial score (nSPS) is 12.0. The largest absolute Gasteiger partial charge is 0.491 e. The molecule has 0 bridgehead atoms. The van der Waals surface area contributed by atoms with Crippen molar-refractivity contribution in [3.05, 3.63) is 112 Å². The smallest absolute Gasteiger partial charge is 0.148 e. The third-order valence-electron chi connectivity index (χ3n) is 7.39. The highest BCUT2D eigenvalue weighted by Crippen LogP contribution is 2.37. The monoisotopic (exact) mass is 597 g/mol. The average molecular weight is 598 g/mol. The molecule has 0 saturated carbocycles. The molecule has 0 radical (unpaired) electrons. The molecule has 1 heterocycles. The number of aromatic nitrogens is 1. The molecule has 44 heavy (non-hydrogen) atoms. The Labute approximate surface area is 259 Å². The fourth-order valence-corrected chi connectivity index (χ4v) is 5.01. The van der Waals surface area contributed by atoms with E-state index in [0.29, 0.717) is 47.2 Å². The fraction of sp³-hybridized carbons (Fsp3) is 0.278. The minimum absolute atomic E-state index is 0.131. The van der Waals surface area contributed by atoms with E-state index in [4.69, 9.17) is 15.5 Å². The van der Waals surface area contributed by atoms with Gasteiger partial charge in [-0.1, -0.05) is 36.9 Å². The van der Waals surface area contributed by atoms with E-state index in [0.717, 1.165) is 34.0 Å². The van der Waals surface area contributed by atoms with Crippen molar-refractivity contribution in [1.29, 1.82) is 0 Å². The van der Waals surface area contributed by atoms with Gasteiger partial charge in [0.2, 0.25) is 0 Å². The molecule has 0 spiro atoms. The van der Waals surface area contributed by atoms with Crippen LogP contribution in [0.4, 0.5) is 20.2 Å². The van der Waals surface area contributed by atoms with E-state index in [9.17, 15) is 4.39 Å². The average Bonchev–Trinajstić information content (AvgIpc) is 3.00. The highest BCUT2D eigenvalue weighted by molar-refractivity contribution is 5.94. The second-order valence-electron chi connectivity index (χ2n) is 11.0. The van der Waals surface area contributed by atoms with Crippen LogP contribution in [0.25, 0.3) is 17.0 Å². The van der Waals surface area contributed by atoms with Crippen LogP contribution in [0.1, 0.15) is 60.2 Å². The number of nitrogen functional groups attached to an aromatic ring is 1. The molecule has 0 saturated heterocycles. The van der Waals surface area contributed by atoms with Gasteiger partial charge in [-0.2, -0.15) is 0 Å². The molecule has 4 rings (SSSR count). The number of nitrogens with two attached hydrogens (primary N) is 1. The third kappa shape index (κ3) is 7.25. The summed E-state index contributed by atoms with van der Waals surface area (Å²) in [6.07, 6.45) is 1.79. The number of halogens is 2. The van der Waals surface area contributed by atoms with Crippen molar-refractivity contribution in [3.63, 3.8) is 0 Å². The number of pyridine rings is 1. The standard InChI is InChI=1S/C36H41F2N5O/c1-8-44-36-23(5)15-32(43-35(36)28-14-22(4)30(37)18-31(28)38)29(25-12-10-9-11-13-25)20-42-24(6)26-16-27(19-41-21(2)3)34(39)33(17-26)40-7/h9-19,21,29,40,42H,6,8,20,39H2,1-5,7H3. The van der Waals surface area contributed by atoms with Gasteiger partial charge in [0, 0.05) is 54.7 Å². The highest BCUT2D eigenvalue weighted by atomic mass is 19.1. The molecule has 6 nitrogen and oxygen atoms in total. The van der Waals surface area contributed by atoms with Crippen LogP contribution in [0, 0.1) is 25.5 Å². The molecular formula is C36H41F2N5O. The van der Waals surface area contributed by atoms with Crippen LogP contribution in [0.3, 0.4) is 0 Å². The predicted molar refractivity (Wildman–Crippen MR) is 179 cm³/mol. The maximum Gasteiger partial charge on any atom is 0.148 e. The van der Waals surface area contributed by atoms with Gasteiger partial charge >= 0.3 is 0 Å². The van der Waals surface area contributed by atoms with Crippen molar-refractivity contribution in [2.24, 2.45) is 4.99 Å². The lowest BCUT2D eigenvalue weighted by molar-refractivity contribution is 0.337. The van der Waals surface area contributed by atoms with Gasteiger partial charge in [0.05, 0.1) is 23.7 Å². The van der Waals surface area contributed by atoms with E-state index in [1.54, 1.807) is 13.1 Å². The first-order valence-corrected chi connectivity index (χ1v) is 14.8. The summed E-state index contributed by atoms with van der Waals surface area (Å²) in [5.74, 6) is -1.06. The molecular weight excluding hydrogens is 556 g/mol. The molecule has 0 aliphatic rings. The first-order chi connectivity index (χ1) is 21.0. The highest BCUT2D eigenvalue weighted by Gasteiger charge is 2.23. The zero-order valence-electron chi connectivity index (χ0n) is 26.3. The van der Waals surface area contributed by atoms with E-state index in [1.165, 1.54) is 6.07 Å². The van der Waals surface area contributed by atoms with E-state index in [-0.39, 0.29) is 17.5 Å². The molecule has 0 aliphatic carbocycles. The number of aliphatic imine (C=N–C) groups is 1. The SMILES string of the molecule is C=C(NCC(c1ccccc1)c1cc(C)c(OCC)c(-c2cc(C)c(F)cc2F)n1)c1cc(C=NC(C)C)c(N)c(NC)c1. The summed E-state index contributed by atoms with van der Waals surface area (Å²) in [5, 5.41) is 6.66. The molecule has 1 aromatic heterocycles. The maximum atomic E-state index is 15.2. The summed E-state index contributed by atoms with van der Waals surface area (Å²) >= 11 is 0. The molecule has 0 aliphatic heterocycles. The lowest BCUT2D eigenvalue weighted by Gasteiger charge is -2.23. The van der Waals surface area contributed by atoms with Crippen LogP contribution >= 0.6 is 0 Å². The Balaban J connectivity index is 1.76. The first kappa shape index (κ1) is 32.2. The Hall–Kier alpha value is -4.72. The Bertz CT molecular complexity index is 1670. The first-order valence-electron chi connectivity index (χ1n) is 14.8. The van der Waals surface area contributed by atoms with Gasteiger partial charge in [-0.25, -0.2) is 13.8 Å². The molecule has 230 valence electrons.